The smallest absolute Gasteiger partial charge is 0.134 e. The van der Waals surface area contributed by atoms with Crippen LogP contribution in [0.1, 0.15) is 29.7 Å². The van der Waals surface area contributed by atoms with Crippen LogP contribution in [0.4, 0.5) is 0 Å². The van der Waals surface area contributed by atoms with Crippen LogP contribution in [0.15, 0.2) is 29.6 Å². The van der Waals surface area contributed by atoms with E-state index in [1.165, 1.54) is 5.56 Å². The van der Waals surface area contributed by atoms with Gasteiger partial charge in [0.2, 0.25) is 0 Å². The monoisotopic (exact) mass is 272 g/mol. The molecule has 0 amide bonds. The van der Waals surface area contributed by atoms with Gasteiger partial charge in [0.15, 0.2) is 0 Å². The van der Waals surface area contributed by atoms with Gasteiger partial charge in [-0.2, -0.15) is 0 Å². The molecule has 1 N–H and O–H groups in total. The molecule has 0 fully saturated rings. The highest BCUT2D eigenvalue weighted by molar-refractivity contribution is 6.02. The number of oxime groups is 1. The standard InChI is InChI=1S/C14H16N4O2/c1-18-8-11(15-17-18)9-20-12-6-5-10-3-2-4-14(16-19)13(10)7-12/h5-8,19H,2-4,9H2,1H3/b16-14-. The number of ether oxygens (including phenoxy) is 1. The molecule has 1 aromatic carbocycles. The van der Waals surface area contributed by atoms with Gasteiger partial charge in [-0.3, -0.25) is 4.68 Å². The van der Waals surface area contributed by atoms with Crippen molar-refractivity contribution in [3.63, 3.8) is 0 Å². The second-order valence-corrected chi connectivity index (χ2v) is 4.89. The third-order valence-corrected chi connectivity index (χ3v) is 3.41. The molecule has 6 heteroatoms. The van der Waals surface area contributed by atoms with Crippen molar-refractivity contribution in [2.75, 3.05) is 0 Å². The van der Waals surface area contributed by atoms with Gasteiger partial charge in [0.05, 0.1) is 11.9 Å². The van der Waals surface area contributed by atoms with Gasteiger partial charge in [0.1, 0.15) is 18.1 Å². The van der Waals surface area contributed by atoms with Crippen LogP contribution in [0.2, 0.25) is 0 Å². The Kier molecular flexibility index (Phi) is 3.37. The first-order valence-corrected chi connectivity index (χ1v) is 6.58. The Bertz CT molecular complexity index is 648. The summed E-state index contributed by atoms with van der Waals surface area (Å²) in [5.41, 5.74) is 3.70. The van der Waals surface area contributed by atoms with E-state index < -0.39 is 0 Å². The fraction of sp³-hybridized carbons (Fsp3) is 0.357. The number of aromatic nitrogens is 3. The molecule has 0 unspecified atom stereocenters. The molecule has 0 saturated heterocycles. The Morgan fingerprint density at radius 3 is 3.05 bits per heavy atom. The van der Waals surface area contributed by atoms with E-state index in [9.17, 15) is 0 Å². The Labute approximate surface area is 116 Å². The molecule has 1 aromatic heterocycles. The zero-order chi connectivity index (χ0) is 13.9. The minimum atomic E-state index is 0.373. The lowest BCUT2D eigenvalue weighted by atomic mass is 9.90. The number of fused-ring (bicyclic) bond motifs is 1. The van der Waals surface area contributed by atoms with Crippen LogP contribution in [-0.2, 0) is 20.1 Å². The molecular formula is C14H16N4O2. The summed E-state index contributed by atoms with van der Waals surface area (Å²) < 4.78 is 7.35. The van der Waals surface area contributed by atoms with Crippen LogP contribution in [0.3, 0.4) is 0 Å². The maximum atomic E-state index is 9.07. The molecule has 0 bridgehead atoms. The highest BCUT2D eigenvalue weighted by Crippen LogP contribution is 2.26. The van der Waals surface area contributed by atoms with Crippen molar-refractivity contribution in [1.29, 1.82) is 0 Å². The predicted octanol–water partition coefficient (Wildman–Crippen LogP) is 1.91. The lowest BCUT2D eigenvalue weighted by Crippen LogP contribution is -2.12. The average molecular weight is 272 g/mol. The Morgan fingerprint density at radius 1 is 1.40 bits per heavy atom. The number of hydrogen-bond donors (Lipinski definition) is 1. The quantitative estimate of drug-likeness (QED) is 0.684. The minimum absolute atomic E-state index is 0.373. The first-order valence-electron chi connectivity index (χ1n) is 6.58. The number of nitrogens with zero attached hydrogens (tertiary/aromatic N) is 4. The van der Waals surface area contributed by atoms with Crippen molar-refractivity contribution in [1.82, 2.24) is 15.0 Å². The fourth-order valence-electron chi connectivity index (χ4n) is 2.44. The van der Waals surface area contributed by atoms with Gasteiger partial charge in [0.25, 0.3) is 0 Å². The third-order valence-electron chi connectivity index (χ3n) is 3.41. The Hall–Kier alpha value is -2.37. The molecule has 0 atom stereocenters. The maximum Gasteiger partial charge on any atom is 0.134 e. The summed E-state index contributed by atoms with van der Waals surface area (Å²) >= 11 is 0. The van der Waals surface area contributed by atoms with Gasteiger partial charge in [-0.15, -0.1) is 5.10 Å². The summed E-state index contributed by atoms with van der Waals surface area (Å²) in [4.78, 5) is 0. The summed E-state index contributed by atoms with van der Waals surface area (Å²) in [5.74, 6) is 0.748. The van der Waals surface area contributed by atoms with E-state index >= 15 is 0 Å². The summed E-state index contributed by atoms with van der Waals surface area (Å²) in [6.45, 7) is 0.373. The van der Waals surface area contributed by atoms with E-state index in [4.69, 9.17) is 9.94 Å². The molecule has 20 heavy (non-hydrogen) atoms. The molecule has 0 spiro atoms. The molecule has 3 rings (SSSR count). The van der Waals surface area contributed by atoms with E-state index in [-0.39, 0.29) is 0 Å². The maximum absolute atomic E-state index is 9.07. The zero-order valence-corrected chi connectivity index (χ0v) is 11.3. The summed E-state index contributed by atoms with van der Waals surface area (Å²) in [6.07, 6.45) is 4.65. The second kappa shape index (κ2) is 5.32. The van der Waals surface area contributed by atoms with Crippen LogP contribution in [-0.4, -0.2) is 25.9 Å². The van der Waals surface area contributed by atoms with Crippen LogP contribution >= 0.6 is 0 Å². The molecule has 6 nitrogen and oxygen atoms in total. The number of rotatable bonds is 3. The molecule has 0 aliphatic heterocycles. The summed E-state index contributed by atoms with van der Waals surface area (Å²) in [7, 11) is 1.82. The fourth-order valence-corrected chi connectivity index (χ4v) is 2.44. The Balaban J connectivity index is 1.78. The van der Waals surface area contributed by atoms with Crippen molar-refractivity contribution >= 4 is 5.71 Å². The van der Waals surface area contributed by atoms with Crippen LogP contribution in [0.25, 0.3) is 0 Å². The van der Waals surface area contributed by atoms with Gasteiger partial charge in [-0.25, -0.2) is 0 Å². The molecule has 1 aliphatic carbocycles. The molecule has 1 aliphatic rings. The highest BCUT2D eigenvalue weighted by Gasteiger charge is 2.16. The van der Waals surface area contributed by atoms with Gasteiger partial charge in [-0.1, -0.05) is 16.4 Å². The van der Waals surface area contributed by atoms with Crippen LogP contribution < -0.4 is 4.74 Å². The van der Waals surface area contributed by atoms with Crippen molar-refractivity contribution < 1.29 is 9.94 Å². The van der Waals surface area contributed by atoms with E-state index in [2.05, 4.69) is 15.5 Å². The summed E-state index contributed by atoms with van der Waals surface area (Å²) in [5, 5.41) is 20.3. The van der Waals surface area contributed by atoms with Crippen molar-refractivity contribution in [3.8, 4) is 5.75 Å². The molecule has 104 valence electrons. The first-order chi connectivity index (χ1) is 9.76. The molecule has 1 heterocycles. The van der Waals surface area contributed by atoms with Crippen molar-refractivity contribution in [2.45, 2.75) is 25.9 Å². The number of benzene rings is 1. The topological polar surface area (TPSA) is 72.5 Å². The molecule has 0 saturated carbocycles. The van der Waals surface area contributed by atoms with Gasteiger partial charge in [0, 0.05) is 12.6 Å². The highest BCUT2D eigenvalue weighted by atomic mass is 16.5. The zero-order valence-electron chi connectivity index (χ0n) is 11.3. The van der Waals surface area contributed by atoms with Crippen LogP contribution in [0.5, 0.6) is 5.75 Å². The third kappa shape index (κ3) is 2.49. The molecule has 0 radical (unpaired) electrons. The minimum Gasteiger partial charge on any atom is -0.487 e. The van der Waals surface area contributed by atoms with E-state index in [0.717, 1.165) is 42.0 Å². The predicted molar refractivity (Wildman–Crippen MR) is 73.0 cm³/mol. The normalized spacial score (nSPS) is 16.1. The second-order valence-electron chi connectivity index (χ2n) is 4.89. The van der Waals surface area contributed by atoms with Crippen molar-refractivity contribution in [2.24, 2.45) is 12.2 Å². The van der Waals surface area contributed by atoms with Gasteiger partial charge < -0.3 is 9.94 Å². The SMILES string of the molecule is Cn1cc(COc2ccc3c(c2)/C(=N\O)CCC3)nn1. The van der Waals surface area contributed by atoms with Crippen molar-refractivity contribution in [3.05, 3.63) is 41.2 Å². The lowest BCUT2D eigenvalue weighted by Gasteiger charge is -2.17. The van der Waals surface area contributed by atoms with E-state index in [0.29, 0.717) is 6.61 Å². The molecule has 2 aromatic rings. The number of aryl methyl sites for hydroxylation is 2. The molecular weight excluding hydrogens is 256 g/mol. The van der Waals surface area contributed by atoms with Gasteiger partial charge in [-0.05, 0) is 37.0 Å². The lowest BCUT2D eigenvalue weighted by molar-refractivity contribution is 0.300. The van der Waals surface area contributed by atoms with E-state index in [1.807, 2.05) is 31.4 Å². The Morgan fingerprint density at radius 2 is 2.30 bits per heavy atom. The average Bonchev–Trinajstić information content (AvgIpc) is 2.90. The summed E-state index contributed by atoms with van der Waals surface area (Å²) in [6, 6.07) is 5.90. The van der Waals surface area contributed by atoms with E-state index in [1.54, 1.807) is 4.68 Å². The largest absolute Gasteiger partial charge is 0.487 e. The van der Waals surface area contributed by atoms with Crippen LogP contribution in [0, 0.1) is 0 Å². The van der Waals surface area contributed by atoms with Gasteiger partial charge >= 0.3 is 0 Å². The first kappa shape index (κ1) is 12.7. The number of hydrogen-bond acceptors (Lipinski definition) is 5.